The van der Waals surface area contributed by atoms with Gasteiger partial charge >= 0.3 is 0 Å². The predicted molar refractivity (Wildman–Crippen MR) is 131 cm³/mol. The molecule has 2 amide bonds. The molecular weight excluding hydrogens is 430 g/mol. The number of carbonyl (C=O) groups excluding carboxylic acids is 2. The van der Waals surface area contributed by atoms with Crippen LogP contribution in [0.15, 0.2) is 30.5 Å². The number of hydrogen-bond acceptors (Lipinski definition) is 6. The fourth-order valence-corrected chi connectivity index (χ4v) is 4.96. The summed E-state index contributed by atoms with van der Waals surface area (Å²) < 4.78 is 1.81. The molecule has 2 aromatic heterocycles. The molecule has 2 fully saturated rings. The molecule has 0 aliphatic carbocycles. The lowest BCUT2D eigenvalue weighted by atomic mass is 9.97. The molecule has 5 rings (SSSR count). The number of benzene rings is 1. The second-order valence-electron chi connectivity index (χ2n) is 9.52. The van der Waals surface area contributed by atoms with E-state index in [1.165, 1.54) is 6.92 Å². The zero-order valence-corrected chi connectivity index (χ0v) is 19.9. The van der Waals surface area contributed by atoms with Gasteiger partial charge in [0.05, 0.1) is 23.0 Å². The van der Waals surface area contributed by atoms with Crippen molar-refractivity contribution >= 4 is 29.0 Å². The third-order valence-corrected chi connectivity index (χ3v) is 6.65. The highest BCUT2D eigenvalue weighted by Crippen LogP contribution is 2.34. The number of nitrogens with zero attached hydrogens (tertiary/aromatic N) is 5. The first-order valence-corrected chi connectivity index (χ1v) is 11.9. The minimum Gasteiger partial charge on any atom is -0.353 e. The van der Waals surface area contributed by atoms with E-state index in [1.54, 1.807) is 10.6 Å². The minimum atomic E-state index is -0.200. The van der Waals surface area contributed by atoms with Crippen molar-refractivity contribution in [3.05, 3.63) is 52.8 Å². The lowest BCUT2D eigenvalue weighted by Gasteiger charge is -2.38. The SMILES string of the molecule is CC(=O)Nc1ccc(C)cc1C(=O)N1CCCC[C@H]1c1cc2nc(N3CC(N)C3)c(C)cn2n1. The minimum absolute atomic E-state index is 0.0893. The Labute approximate surface area is 198 Å². The van der Waals surface area contributed by atoms with Crippen LogP contribution in [0.2, 0.25) is 0 Å². The molecule has 0 bridgehead atoms. The number of anilines is 2. The first-order valence-electron chi connectivity index (χ1n) is 11.9. The Bertz CT molecular complexity index is 1260. The molecule has 2 aliphatic rings. The molecule has 2 saturated heterocycles. The Kier molecular flexibility index (Phi) is 5.73. The third-order valence-electron chi connectivity index (χ3n) is 6.65. The quantitative estimate of drug-likeness (QED) is 0.618. The van der Waals surface area contributed by atoms with Gasteiger partial charge in [0.1, 0.15) is 5.82 Å². The lowest BCUT2D eigenvalue weighted by molar-refractivity contribution is -0.114. The summed E-state index contributed by atoms with van der Waals surface area (Å²) in [5.74, 6) is 0.652. The molecule has 9 heteroatoms. The first kappa shape index (κ1) is 22.3. The highest BCUT2D eigenvalue weighted by atomic mass is 16.2. The zero-order valence-electron chi connectivity index (χ0n) is 19.9. The topological polar surface area (TPSA) is 109 Å². The molecule has 3 aromatic rings. The number of aryl methyl sites for hydroxylation is 2. The van der Waals surface area contributed by atoms with E-state index < -0.39 is 0 Å². The highest BCUT2D eigenvalue weighted by molar-refractivity contribution is 6.03. The van der Waals surface area contributed by atoms with Crippen LogP contribution < -0.4 is 16.0 Å². The fraction of sp³-hybridized carbons (Fsp3) is 0.440. The van der Waals surface area contributed by atoms with Crippen molar-refractivity contribution in [2.75, 3.05) is 29.9 Å². The normalized spacial score (nSPS) is 18.8. The largest absolute Gasteiger partial charge is 0.353 e. The van der Waals surface area contributed by atoms with E-state index in [0.29, 0.717) is 17.8 Å². The summed E-state index contributed by atoms with van der Waals surface area (Å²) in [7, 11) is 0. The van der Waals surface area contributed by atoms with Crippen LogP contribution in [-0.2, 0) is 4.79 Å². The van der Waals surface area contributed by atoms with Gasteiger partial charge in [-0.25, -0.2) is 9.50 Å². The van der Waals surface area contributed by atoms with E-state index >= 15 is 0 Å². The molecule has 0 radical (unpaired) electrons. The summed E-state index contributed by atoms with van der Waals surface area (Å²) in [5.41, 5.74) is 10.6. The van der Waals surface area contributed by atoms with Crippen LogP contribution in [0.3, 0.4) is 0 Å². The number of rotatable bonds is 4. The van der Waals surface area contributed by atoms with Crippen LogP contribution in [0, 0.1) is 13.8 Å². The summed E-state index contributed by atoms with van der Waals surface area (Å²) in [6.07, 6.45) is 4.80. The Balaban J connectivity index is 1.48. The maximum Gasteiger partial charge on any atom is 0.256 e. The monoisotopic (exact) mass is 461 g/mol. The second-order valence-corrected chi connectivity index (χ2v) is 9.52. The average Bonchev–Trinajstić information content (AvgIpc) is 3.19. The van der Waals surface area contributed by atoms with Gasteiger partial charge in [-0.05, 0) is 45.2 Å². The number of hydrogen-bond donors (Lipinski definition) is 2. The van der Waals surface area contributed by atoms with Crippen molar-refractivity contribution in [3.63, 3.8) is 0 Å². The number of likely N-dealkylation sites (tertiary alicyclic amines) is 1. The van der Waals surface area contributed by atoms with Gasteiger partial charge in [0.25, 0.3) is 5.91 Å². The van der Waals surface area contributed by atoms with Crippen molar-refractivity contribution in [1.29, 1.82) is 0 Å². The number of nitrogens with one attached hydrogen (secondary N) is 1. The number of amides is 2. The predicted octanol–water partition coefficient (Wildman–Crippen LogP) is 2.82. The summed E-state index contributed by atoms with van der Waals surface area (Å²) in [5, 5.41) is 7.62. The highest BCUT2D eigenvalue weighted by Gasteiger charge is 2.32. The summed E-state index contributed by atoms with van der Waals surface area (Å²) in [6, 6.07) is 7.58. The van der Waals surface area contributed by atoms with Gasteiger partial charge in [-0.15, -0.1) is 0 Å². The van der Waals surface area contributed by atoms with Gasteiger partial charge in [0, 0.05) is 50.4 Å². The third kappa shape index (κ3) is 4.11. The molecule has 9 nitrogen and oxygen atoms in total. The molecule has 3 N–H and O–H groups in total. The van der Waals surface area contributed by atoms with E-state index in [1.807, 2.05) is 43.1 Å². The standard InChI is InChI=1S/C25H31N7O2/c1-15-7-8-20(27-17(3)33)19(10-15)25(34)31-9-5-4-6-22(31)21-11-23-28-24(30-13-18(26)14-30)16(2)12-32(23)29-21/h7-8,10-12,18,22H,4-6,9,13-14,26H2,1-3H3,(H,27,33)/t22-/m0/s1. The molecule has 1 atom stereocenters. The maximum absolute atomic E-state index is 13.7. The Morgan fingerprint density at radius 3 is 2.68 bits per heavy atom. The second kappa shape index (κ2) is 8.72. The van der Waals surface area contributed by atoms with Gasteiger partial charge in [0.2, 0.25) is 5.91 Å². The Morgan fingerprint density at radius 2 is 1.94 bits per heavy atom. The van der Waals surface area contributed by atoms with Crippen molar-refractivity contribution in [2.24, 2.45) is 5.73 Å². The molecule has 0 spiro atoms. The van der Waals surface area contributed by atoms with Gasteiger partial charge in [0.15, 0.2) is 5.65 Å². The van der Waals surface area contributed by atoms with Crippen LogP contribution in [0.25, 0.3) is 5.65 Å². The molecule has 1 aromatic carbocycles. The molecule has 2 aliphatic heterocycles. The van der Waals surface area contributed by atoms with E-state index in [2.05, 4.69) is 10.2 Å². The molecule has 4 heterocycles. The fourth-order valence-electron chi connectivity index (χ4n) is 4.96. The number of nitrogens with two attached hydrogens (primary N) is 1. The summed E-state index contributed by atoms with van der Waals surface area (Å²) in [4.78, 5) is 34.4. The first-order chi connectivity index (χ1) is 16.3. The molecule has 0 saturated carbocycles. The van der Waals surface area contributed by atoms with Crippen LogP contribution in [0.1, 0.15) is 59.4 Å². The maximum atomic E-state index is 13.7. The van der Waals surface area contributed by atoms with Crippen molar-refractivity contribution in [2.45, 2.75) is 52.1 Å². The summed E-state index contributed by atoms with van der Waals surface area (Å²) in [6.45, 7) is 7.69. The number of piperidine rings is 1. The van der Waals surface area contributed by atoms with Crippen LogP contribution in [0.4, 0.5) is 11.5 Å². The number of fused-ring (bicyclic) bond motifs is 1. The van der Waals surface area contributed by atoms with Crippen molar-refractivity contribution in [1.82, 2.24) is 19.5 Å². The Hall–Kier alpha value is -3.46. The molecule has 34 heavy (non-hydrogen) atoms. The van der Waals surface area contributed by atoms with Gasteiger partial charge in [-0.3, -0.25) is 9.59 Å². The van der Waals surface area contributed by atoms with Gasteiger partial charge in [-0.1, -0.05) is 11.6 Å². The van der Waals surface area contributed by atoms with Gasteiger partial charge < -0.3 is 20.9 Å². The van der Waals surface area contributed by atoms with E-state index in [9.17, 15) is 9.59 Å². The van der Waals surface area contributed by atoms with E-state index in [-0.39, 0.29) is 23.9 Å². The van der Waals surface area contributed by atoms with Crippen LogP contribution in [0.5, 0.6) is 0 Å². The summed E-state index contributed by atoms with van der Waals surface area (Å²) >= 11 is 0. The van der Waals surface area contributed by atoms with E-state index in [0.717, 1.165) is 60.6 Å². The van der Waals surface area contributed by atoms with Crippen molar-refractivity contribution < 1.29 is 9.59 Å². The van der Waals surface area contributed by atoms with Gasteiger partial charge in [-0.2, -0.15) is 5.10 Å². The Morgan fingerprint density at radius 1 is 1.15 bits per heavy atom. The van der Waals surface area contributed by atoms with Crippen molar-refractivity contribution in [3.8, 4) is 0 Å². The zero-order chi connectivity index (χ0) is 24.0. The van der Waals surface area contributed by atoms with Crippen LogP contribution >= 0.6 is 0 Å². The van der Waals surface area contributed by atoms with E-state index in [4.69, 9.17) is 15.8 Å². The number of carbonyl (C=O) groups is 2. The molecule has 178 valence electrons. The van der Waals surface area contributed by atoms with Crippen LogP contribution in [-0.4, -0.2) is 57.0 Å². The average molecular weight is 462 g/mol. The molecule has 0 unspecified atom stereocenters. The smallest absolute Gasteiger partial charge is 0.256 e. The molecular formula is C25H31N7O2. The lowest BCUT2D eigenvalue weighted by Crippen LogP contribution is -2.56. The number of aromatic nitrogens is 3.